The molecule has 2 rings (SSSR count). The van der Waals surface area contributed by atoms with E-state index < -0.39 is 0 Å². The van der Waals surface area contributed by atoms with Gasteiger partial charge in [0.15, 0.2) is 0 Å². The van der Waals surface area contributed by atoms with Crippen LogP contribution in [0.1, 0.15) is 30.8 Å². The van der Waals surface area contributed by atoms with E-state index in [1.807, 2.05) is 19.1 Å². The molecule has 96 valence electrons. The van der Waals surface area contributed by atoms with Gasteiger partial charge in [-0.2, -0.15) is 0 Å². The minimum Gasteiger partial charge on any atom is -0.494 e. The van der Waals surface area contributed by atoms with E-state index in [-0.39, 0.29) is 0 Å². The first-order valence-electron chi connectivity index (χ1n) is 6.44. The Morgan fingerprint density at radius 3 is 2.50 bits per heavy atom. The molecule has 0 radical (unpaired) electrons. The molecular weight excluding hydrogens is 242 g/mol. The summed E-state index contributed by atoms with van der Waals surface area (Å²) in [5.74, 6) is 0.920. The second kappa shape index (κ2) is 6.01. The molecule has 0 saturated heterocycles. The van der Waals surface area contributed by atoms with Gasteiger partial charge in [0.25, 0.3) is 0 Å². The SMILES string of the molecule is CCCc1sc(-c2ccc(OCC)cc2)nc1C. The van der Waals surface area contributed by atoms with Crippen molar-refractivity contribution in [3.8, 4) is 16.3 Å². The Morgan fingerprint density at radius 1 is 1.17 bits per heavy atom. The van der Waals surface area contributed by atoms with Crippen LogP contribution in [0.2, 0.25) is 0 Å². The molecule has 0 atom stereocenters. The summed E-state index contributed by atoms with van der Waals surface area (Å²) >= 11 is 1.80. The molecule has 2 nitrogen and oxygen atoms in total. The highest BCUT2D eigenvalue weighted by atomic mass is 32.1. The third-order valence-corrected chi connectivity index (χ3v) is 4.05. The van der Waals surface area contributed by atoms with E-state index in [2.05, 4.69) is 31.0 Å². The second-order valence-electron chi connectivity index (χ2n) is 4.23. The molecular formula is C15H19NOS. The molecule has 1 heterocycles. The van der Waals surface area contributed by atoms with Crippen molar-refractivity contribution in [2.24, 2.45) is 0 Å². The second-order valence-corrected chi connectivity index (χ2v) is 5.32. The minimum atomic E-state index is 0.705. The highest BCUT2D eigenvalue weighted by Gasteiger charge is 2.08. The standard InChI is InChI=1S/C15H19NOS/c1-4-6-14-11(3)16-15(18-14)12-7-9-13(10-8-12)17-5-2/h7-10H,4-6H2,1-3H3. The molecule has 0 amide bonds. The normalized spacial score (nSPS) is 10.6. The zero-order valence-electron chi connectivity index (χ0n) is 11.2. The predicted molar refractivity (Wildman–Crippen MR) is 77.5 cm³/mol. The fourth-order valence-corrected chi connectivity index (χ4v) is 3.04. The Morgan fingerprint density at radius 2 is 1.89 bits per heavy atom. The highest BCUT2D eigenvalue weighted by Crippen LogP contribution is 2.29. The van der Waals surface area contributed by atoms with E-state index in [9.17, 15) is 0 Å². The monoisotopic (exact) mass is 261 g/mol. The Balaban J connectivity index is 2.22. The van der Waals surface area contributed by atoms with Crippen LogP contribution in [0.5, 0.6) is 5.75 Å². The molecule has 0 saturated carbocycles. The molecule has 0 aliphatic carbocycles. The van der Waals surface area contributed by atoms with E-state index in [1.54, 1.807) is 11.3 Å². The topological polar surface area (TPSA) is 22.1 Å². The molecule has 0 spiro atoms. The molecule has 0 aliphatic heterocycles. The lowest BCUT2D eigenvalue weighted by Crippen LogP contribution is -1.90. The summed E-state index contributed by atoms with van der Waals surface area (Å²) in [5.41, 5.74) is 2.35. The van der Waals surface area contributed by atoms with E-state index in [4.69, 9.17) is 4.74 Å². The van der Waals surface area contributed by atoms with Crippen molar-refractivity contribution in [1.29, 1.82) is 0 Å². The number of ether oxygens (including phenoxy) is 1. The summed E-state index contributed by atoms with van der Waals surface area (Å²) in [5, 5.41) is 1.11. The van der Waals surface area contributed by atoms with E-state index in [0.29, 0.717) is 6.61 Å². The van der Waals surface area contributed by atoms with Gasteiger partial charge in [0.05, 0.1) is 12.3 Å². The maximum Gasteiger partial charge on any atom is 0.123 e. The molecule has 3 heteroatoms. The number of benzene rings is 1. The van der Waals surface area contributed by atoms with Crippen molar-refractivity contribution >= 4 is 11.3 Å². The molecule has 0 N–H and O–H groups in total. The first kappa shape index (κ1) is 13.1. The summed E-state index contributed by atoms with van der Waals surface area (Å²) in [4.78, 5) is 6.06. The quantitative estimate of drug-likeness (QED) is 0.792. The van der Waals surface area contributed by atoms with E-state index in [1.165, 1.54) is 22.6 Å². The molecule has 0 bridgehead atoms. The van der Waals surface area contributed by atoms with Gasteiger partial charge < -0.3 is 4.74 Å². The Bertz CT molecular complexity index is 502. The zero-order valence-corrected chi connectivity index (χ0v) is 12.0. The Kier molecular flexibility index (Phi) is 4.37. The van der Waals surface area contributed by atoms with Gasteiger partial charge in [-0.1, -0.05) is 13.3 Å². The number of thiazole rings is 1. The predicted octanol–water partition coefficient (Wildman–Crippen LogP) is 4.47. The smallest absolute Gasteiger partial charge is 0.123 e. The molecule has 2 aromatic rings. The van der Waals surface area contributed by atoms with Crippen LogP contribution in [0.4, 0.5) is 0 Å². The van der Waals surface area contributed by atoms with Crippen LogP contribution in [0, 0.1) is 6.92 Å². The van der Waals surface area contributed by atoms with Crippen LogP contribution in [0.3, 0.4) is 0 Å². The Labute approximate surface area is 113 Å². The number of hydrogen-bond acceptors (Lipinski definition) is 3. The zero-order chi connectivity index (χ0) is 13.0. The minimum absolute atomic E-state index is 0.705. The van der Waals surface area contributed by atoms with Gasteiger partial charge in [0, 0.05) is 10.4 Å². The van der Waals surface area contributed by atoms with Crippen molar-refractivity contribution in [2.45, 2.75) is 33.6 Å². The first-order valence-corrected chi connectivity index (χ1v) is 7.25. The van der Waals surface area contributed by atoms with Crippen molar-refractivity contribution in [2.75, 3.05) is 6.61 Å². The van der Waals surface area contributed by atoms with Crippen molar-refractivity contribution in [3.05, 3.63) is 34.8 Å². The fraction of sp³-hybridized carbons (Fsp3) is 0.400. The summed E-state index contributed by atoms with van der Waals surface area (Å²) in [6, 6.07) is 8.18. The van der Waals surface area contributed by atoms with Gasteiger partial charge in [-0.25, -0.2) is 4.98 Å². The third-order valence-electron chi connectivity index (χ3n) is 2.78. The largest absolute Gasteiger partial charge is 0.494 e. The van der Waals surface area contributed by atoms with E-state index >= 15 is 0 Å². The number of aromatic nitrogens is 1. The molecule has 0 fully saturated rings. The lowest BCUT2D eigenvalue weighted by Gasteiger charge is -2.02. The van der Waals surface area contributed by atoms with Crippen molar-refractivity contribution in [1.82, 2.24) is 4.98 Å². The van der Waals surface area contributed by atoms with Gasteiger partial charge in [0.2, 0.25) is 0 Å². The number of nitrogens with zero attached hydrogens (tertiary/aromatic N) is 1. The fourth-order valence-electron chi connectivity index (χ4n) is 1.87. The molecule has 18 heavy (non-hydrogen) atoms. The van der Waals surface area contributed by atoms with Gasteiger partial charge in [-0.15, -0.1) is 11.3 Å². The van der Waals surface area contributed by atoms with Crippen LogP contribution in [0.25, 0.3) is 10.6 Å². The lowest BCUT2D eigenvalue weighted by atomic mass is 10.2. The maximum absolute atomic E-state index is 5.45. The third kappa shape index (κ3) is 2.91. The van der Waals surface area contributed by atoms with Gasteiger partial charge in [0.1, 0.15) is 10.8 Å². The van der Waals surface area contributed by atoms with Gasteiger partial charge >= 0.3 is 0 Å². The number of rotatable bonds is 5. The number of aryl methyl sites for hydroxylation is 2. The number of hydrogen-bond donors (Lipinski definition) is 0. The molecule has 0 aliphatic rings. The maximum atomic E-state index is 5.45. The van der Waals surface area contributed by atoms with Crippen LogP contribution < -0.4 is 4.74 Å². The average Bonchev–Trinajstić information content (AvgIpc) is 2.73. The lowest BCUT2D eigenvalue weighted by molar-refractivity contribution is 0.340. The highest BCUT2D eigenvalue weighted by molar-refractivity contribution is 7.15. The van der Waals surface area contributed by atoms with Gasteiger partial charge in [-0.05, 0) is 44.5 Å². The van der Waals surface area contributed by atoms with Crippen LogP contribution in [-0.4, -0.2) is 11.6 Å². The average molecular weight is 261 g/mol. The molecule has 1 aromatic carbocycles. The summed E-state index contributed by atoms with van der Waals surface area (Å²) in [6.07, 6.45) is 2.30. The van der Waals surface area contributed by atoms with E-state index in [0.717, 1.165) is 17.2 Å². The van der Waals surface area contributed by atoms with Crippen LogP contribution >= 0.6 is 11.3 Å². The summed E-state index contributed by atoms with van der Waals surface area (Å²) in [6.45, 7) is 7.00. The molecule has 1 aromatic heterocycles. The van der Waals surface area contributed by atoms with Gasteiger partial charge in [-0.3, -0.25) is 0 Å². The summed E-state index contributed by atoms with van der Waals surface area (Å²) < 4.78 is 5.45. The Hall–Kier alpha value is -1.35. The van der Waals surface area contributed by atoms with Crippen LogP contribution in [-0.2, 0) is 6.42 Å². The van der Waals surface area contributed by atoms with Crippen LogP contribution in [0.15, 0.2) is 24.3 Å². The summed E-state index contributed by atoms with van der Waals surface area (Å²) in [7, 11) is 0. The van der Waals surface area contributed by atoms with Crippen molar-refractivity contribution < 1.29 is 4.74 Å². The van der Waals surface area contributed by atoms with Crippen molar-refractivity contribution in [3.63, 3.8) is 0 Å². The molecule has 0 unspecified atom stereocenters. The first-order chi connectivity index (χ1) is 8.74.